The third kappa shape index (κ3) is 3.88. The molecule has 2 aromatic carbocycles. The first-order valence-electron chi connectivity index (χ1n) is 5.86. The van der Waals surface area contributed by atoms with Crippen LogP contribution in [-0.2, 0) is 11.5 Å². The van der Waals surface area contributed by atoms with Crippen LogP contribution in [0.5, 0.6) is 0 Å². The van der Waals surface area contributed by atoms with E-state index < -0.39 is 11.7 Å². The van der Waals surface area contributed by atoms with E-state index in [1.165, 1.54) is 6.07 Å². The Morgan fingerprint density at radius 2 is 1.26 bits per heavy atom. The van der Waals surface area contributed by atoms with Crippen molar-refractivity contribution in [2.24, 2.45) is 0 Å². The van der Waals surface area contributed by atoms with Gasteiger partial charge in [-0.15, -0.1) is 0 Å². The minimum atomic E-state index is -4.52. The second kappa shape index (κ2) is 7.19. The molecular formula is C14H5BrCl5F3. The van der Waals surface area contributed by atoms with Crippen molar-refractivity contribution in [3.05, 3.63) is 54.4 Å². The maximum absolute atomic E-state index is 13.1. The lowest BCUT2D eigenvalue weighted by Crippen LogP contribution is -2.06. The number of rotatable bonds is 2. The van der Waals surface area contributed by atoms with Gasteiger partial charge in [0.1, 0.15) is 0 Å². The first-order valence-corrected chi connectivity index (χ1v) is 8.88. The van der Waals surface area contributed by atoms with Crippen LogP contribution in [0.2, 0.25) is 25.1 Å². The smallest absolute Gasteiger partial charge is 0.166 e. The molecule has 0 aromatic heterocycles. The fraction of sp³-hybridized carbons (Fsp3) is 0.143. The monoisotopic (exact) mass is 484 g/mol. The topological polar surface area (TPSA) is 0 Å². The average Bonchev–Trinajstić information content (AvgIpc) is 2.50. The van der Waals surface area contributed by atoms with Gasteiger partial charge in [0.15, 0.2) is 0 Å². The molecule has 124 valence electrons. The first-order chi connectivity index (χ1) is 10.6. The highest BCUT2D eigenvalue weighted by Gasteiger charge is 2.32. The van der Waals surface area contributed by atoms with Crippen molar-refractivity contribution < 1.29 is 13.2 Å². The van der Waals surface area contributed by atoms with Crippen LogP contribution in [0.3, 0.4) is 0 Å². The molecule has 0 saturated heterocycles. The van der Waals surface area contributed by atoms with Gasteiger partial charge in [-0.1, -0.05) is 80.0 Å². The van der Waals surface area contributed by atoms with E-state index in [0.29, 0.717) is 5.56 Å². The van der Waals surface area contributed by atoms with Crippen molar-refractivity contribution in [1.29, 1.82) is 0 Å². The van der Waals surface area contributed by atoms with Gasteiger partial charge in [-0.2, -0.15) is 13.2 Å². The SMILES string of the molecule is FC(F)(F)c1cc(CBr)cc(-c2c(Cl)c(Cl)c(Cl)c(Cl)c2Cl)c1. The van der Waals surface area contributed by atoms with Crippen LogP contribution in [0.15, 0.2) is 18.2 Å². The second-order valence-electron chi connectivity index (χ2n) is 4.49. The maximum atomic E-state index is 13.1. The normalized spacial score (nSPS) is 11.9. The lowest BCUT2D eigenvalue weighted by molar-refractivity contribution is -0.137. The number of hydrogen-bond acceptors (Lipinski definition) is 0. The van der Waals surface area contributed by atoms with Gasteiger partial charge in [0.2, 0.25) is 0 Å². The quantitative estimate of drug-likeness (QED) is 0.226. The molecule has 2 rings (SSSR count). The van der Waals surface area contributed by atoms with Gasteiger partial charge in [-0.05, 0) is 23.3 Å². The van der Waals surface area contributed by atoms with Gasteiger partial charge < -0.3 is 0 Å². The Labute approximate surface area is 163 Å². The molecule has 0 aliphatic rings. The van der Waals surface area contributed by atoms with Gasteiger partial charge in [0.25, 0.3) is 0 Å². The third-order valence-electron chi connectivity index (χ3n) is 2.97. The Balaban J connectivity index is 2.82. The minimum absolute atomic E-state index is 0.0558. The summed E-state index contributed by atoms with van der Waals surface area (Å²) in [6, 6.07) is 3.47. The zero-order valence-electron chi connectivity index (χ0n) is 10.8. The molecule has 23 heavy (non-hydrogen) atoms. The highest BCUT2D eigenvalue weighted by Crippen LogP contribution is 2.49. The summed E-state index contributed by atoms with van der Waals surface area (Å²) in [5, 5.41) is -0.114. The van der Waals surface area contributed by atoms with Gasteiger partial charge in [0.05, 0.1) is 30.7 Å². The highest BCUT2D eigenvalue weighted by atomic mass is 79.9. The lowest BCUT2D eigenvalue weighted by Gasteiger charge is -2.16. The van der Waals surface area contributed by atoms with E-state index in [0.717, 1.165) is 12.1 Å². The van der Waals surface area contributed by atoms with Gasteiger partial charge in [-0.25, -0.2) is 0 Å². The first kappa shape index (κ1) is 19.5. The standard InChI is InChI=1S/C14H5BrCl5F3/c15-4-5-1-6(3-7(2-5)14(21,22)23)8-9(16)11(18)13(20)12(19)10(8)17/h1-3H,4H2. The fourth-order valence-electron chi connectivity index (χ4n) is 1.94. The van der Waals surface area contributed by atoms with Crippen molar-refractivity contribution in [1.82, 2.24) is 0 Å². The molecule has 0 radical (unpaired) electrons. The van der Waals surface area contributed by atoms with Crippen LogP contribution >= 0.6 is 73.9 Å². The Morgan fingerprint density at radius 1 is 0.783 bits per heavy atom. The summed E-state index contributed by atoms with van der Waals surface area (Å²) in [6.45, 7) is 0. The molecule has 0 aliphatic heterocycles. The highest BCUT2D eigenvalue weighted by molar-refractivity contribution is 9.08. The molecule has 0 spiro atoms. The molecule has 2 aromatic rings. The molecule has 0 N–H and O–H groups in total. The van der Waals surface area contributed by atoms with E-state index in [1.807, 2.05) is 0 Å². The predicted octanol–water partition coefficient (Wildman–Crippen LogP) is 8.53. The molecule has 0 unspecified atom stereocenters. The van der Waals surface area contributed by atoms with Crippen molar-refractivity contribution in [2.75, 3.05) is 0 Å². The molecular weight excluding hydrogens is 482 g/mol. The molecule has 0 bridgehead atoms. The molecule has 0 heterocycles. The molecule has 0 fully saturated rings. The van der Waals surface area contributed by atoms with Crippen LogP contribution in [0.1, 0.15) is 11.1 Å². The van der Waals surface area contributed by atoms with E-state index in [1.54, 1.807) is 0 Å². The van der Waals surface area contributed by atoms with Crippen molar-refractivity contribution in [3.8, 4) is 11.1 Å². The predicted molar refractivity (Wildman–Crippen MR) is 94.6 cm³/mol. The van der Waals surface area contributed by atoms with E-state index in [-0.39, 0.29) is 41.6 Å². The second-order valence-corrected chi connectivity index (χ2v) is 6.95. The van der Waals surface area contributed by atoms with Crippen molar-refractivity contribution >= 4 is 73.9 Å². The van der Waals surface area contributed by atoms with Crippen molar-refractivity contribution in [3.63, 3.8) is 0 Å². The van der Waals surface area contributed by atoms with E-state index in [9.17, 15) is 13.2 Å². The van der Waals surface area contributed by atoms with E-state index >= 15 is 0 Å². The summed E-state index contributed by atoms with van der Waals surface area (Å²) in [7, 11) is 0. The molecule has 9 heteroatoms. The van der Waals surface area contributed by atoms with Gasteiger partial charge >= 0.3 is 6.18 Å². The Kier molecular flexibility index (Phi) is 6.09. The molecule has 0 amide bonds. The minimum Gasteiger partial charge on any atom is -0.166 e. The third-order valence-corrected chi connectivity index (χ3v) is 5.90. The number of alkyl halides is 4. The molecule has 0 saturated carbocycles. The molecule has 0 nitrogen and oxygen atoms in total. The Bertz CT molecular complexity index is 745. The summed E-state index contributed by atoms with van der Waals surface area (Å²) in [5.74, 6) is 0. The van der Waals surface area contributed by atoms with Crippen LogP contribution in [0.4, 0.5) is 13.2 Å². The van der Waals surface area contributed by atoms with E-state index in [4.69, 9.17) is 58.0 Å². The van der Waals surface area contributed by atoms with E-state index in [2.05, 4.69) is 15.9 Å². The van der Waals surface area contributed by atoms with Crippen LogP contribution in [0, 0.1) is 0 Å². The maximum Gasteiger partial charge on any atom is 0.416 e. The zero-order chi connectivity index (χ0) is 17.5. The number of hydrogen-bond donors (Lipinski definition) is 0. The summed E-state index contributed by atoms with van der Waals surface area (Å²) in [4.78, 5) is 0. The van der Waals surface area contributed by atoms with Crippen LogP contribution in [-0.4, -0.2) is 0 Å². The number of halogens is 9. The van der Waals surface area contributed by atoms with Crippen LogP contribution < -0.4 is 0 Å². The lowest BCUT2D eigenvalue weighted by atomic mass is 9.99. The Hall–Kier alpha value is 0.160. The number of benzene rings is 2. The summed E-state index contributed by atoms with van der Waals surface area (Å²) >= 11 is 33.2. The van der Waals surface area contributed by atoms with Crippen molar-refractivity contribution in [2.45, 2.75) is 11.5 Å². The van der Waals surface area contributed by atoms with Gasteiger partial charge in [0, 0.05) is 10.9 Å². The zero-order valence-corrected chi connectivity index (χ0v) is 16.2. The average molecular weight is 487 g/mol. The van der Waals surface area contributed by atoms with Gasteiger partial charge in [-0.3, -0.25) is 0 Å². The Morgan fingerprint density at radius 3 is 1.70 bits per heavy atom. The summed E-state index contributed by atoms with van der Waals surface area (Å²) < 4.78 is 39.2. The fourth-order valence-corrected chi connectivity index (χ4v) is 3.62. The van der Waals surface area contributed by atoms with Crippen LogP contribution in [0.25, 0.3) is 11.1 Å². The molecule has 0 atom stereocenters. The molecule has 0 aliphatic carbocycles. The summed E-state index contributed by atoms with van der Waals surface area (Å²) in [6.07, 6.45) is -4.52. The largest absolute Gasteiger partial charge is 0.416 e. The summed E-state index contributed by atoms with van der Waals surface area (Å²) in [5.41, 5.74) is -0.200.